The number of likely N-dealkylation sites (tertiary alicyclic amines) is 1. The number of piperidine rings is 1. The van der Waals surface area contributed by atoms with Crippen LogP contribution in [0.5, 0.6) is 0 Å². The molecule has 2 fully saturated rings. The molecule has 1 amide bonds. The lowest BCUT2D eigenvalue weighted by Gasteiger charge is -2.33. The molecule has 2 aliphatic heterocycles. The number of aromatic nitrogens is 2. The second-order valence-corrected chi connectivity index (χ2v) is 9.05. The number of hydrogen-bond acceptors (Lipinski definition) is 7. The Balaban J connectivity index is 1.38. The topological polar surface area (TPSA) is 76.6 Å². The van der Waals surface area contributed by atoms with Crippen LogP contribution in [0, 0.1) is 0 Å². The van der Waals surface area contributed by atoms with Gasteiger partial charge in [0.2, 0.25) is 5.91 Å². The fraction of sp³-hybridized carbons (Fsp3) is 0.542. The van der Waals surface area contributed by atoms with E-state index >= 15 is 0 Å². The number of anilines is 4. The van der Waals surface area contributed by atoms with E-state index in [-0.39, 0.29) is 17.4 Å². The summed E-state index contributed by atoms with van der Waals surface area (Å²) in [7, 11) is 2.10. The molecule has 0 spiro atoms. The fourth-order valence-electron chi connectivity index (χ4n) is 4.33. The van der Waals surface area contributed by atoms with E-state index in [0.29, 0.717) is 31.7 Å². The standard InChI is InChI=1S/C24H32F3N7O/c1-32-11-13-33(14-12-32)18-6-7-21(29-16-18)31-22-15-20(19(17-30-22)24(25,26)27)28-8-4-10-34-9-3-2-5-23(34)35/h6-7,15-17H,2-5,8-14H2,1H3,(H2,28,29,30,31). The van der Waals surface area contributed by atoms with Crippen LogP contribution in [0.25, 0.3) is 0 Å². The lowest BCUT2D eigenvalue weighted by molar-refractivity contribution is -0.137. The number of carbonyl (C=O) groups is 1. The molecule has 0 unspecified atom stereocenters. The zero-order valence-corrected chi connectivity index (χ0v) is 19.9. The number of alkyl halides is 3. The number of nitrogens with one attached hydrogen (secondary N) is 2. The van der Waals surface area contributed by atoms with Crippen LogP contribution in [0.1, 0.15) is 31.2 Å². The van der Waals surface area contributed by atoms with Crippen LogP contribution >= 0.6 is 0 Å². The molecule has 0 saturated carbocycles. The van der Waals surface area contributed by atoms with E-state index in [0.717, 1.165) is 57.4 Å². The number of piperazine rings is 1. The first-order valence-electron chi connectivity index (χ1n) is 12.0. The molecule has 0 bridgehead atoms. The molecule has 2 aromatic rings. The Labute approximate surface area is 203 Å². The number of halogens is 3. The molecule has 35 heavy (non-hydrogen) atoms. The minimum absolute atomic E-state index is 0.0472. The van der Waals surface area contributed by atoms with Crippen LogP contribution < -0.4 is 15.5 Å². The average Bonchev–Trinajstić information content (AvgIpc) is 2.83. The number of likely N-dealkylation sites (N-methyl/N-ethyl adjacent to an activating group) is 1. The van der Waals surface area contributed by atoms with Gasteiger partial charge in [0.15, 0.2) is 0 Å². The van der Waals surface area contributed by atoms with Crippen molar-refractivity contribution in [2.45, 2.75) is 31.9 Å². The van der Waals surface area contributed by atoms with Crippen molar-refractivity contribution in [3.05, 3.63) is 36.2 Å². The van der Waals surface area contributed by atoms with Crippen LogP contribution in [0.3, 0.4) is 0 Å². The quantitative estimate of drug-likeness (QED) is 0.544. The van der Waals surface area contributed by atoms with E-state index in [2.05, 4.69) is 37.4 Å². The summed E-state index contributed by atoms with van der Waals surface area (Å²) in [5.74, 6) is 0.894. The molecule has 4 heterocycles. The summed E-state index contributed by atoms with van der Waals surface area (Å²) in [5, 5.41) is 5.89. The Morgan fingerprint density at radius 2 is 1.77 bits per heavy atom. The Morgan fingerprint density at radius 1 is 1.00 bits per heavy atom. The Hall–Kier alpha value is -3.08. The second kappa shape index (κ2) is 11.1. The Bertz CT molecular complexity index is 992. The molecule has 8 nitrogen and oxygen atoms in total. The highest BCUT2D eigenvalue weighted by Gasteiger charge is 2.34. The summed E-state index contributed by atoms with van der Waals surface area (Å²) in [6.45, 7) is 5.38. The first kappa shape index (κ1) is 25.0. The number of nitrogens with zero attached hydrogens (tertiary/aromatic N) is 5. The monoisotopic (exact) mass is 491 g/mol. The number of hydrogen-bond donors (Lipinski definition) is 2. The van der Waals surface area contributed by atoms with Crippen molar-refractivity contribution in [3.8, 4) is 0 Å². The van der Waals surface area contributed by atoms with Crippen molar-refractivity contribution in [1.82, 2.24) is 19.8 Å². The molecule has 0 aliphatic carbocycles. The third-order valence-corrected chi connectivity index (χ3v) is 6.42. The molecule has 190 valence electrons. The van der Waals surface area contributed by atoms with Gasteiger partial charge in [-0.25, -0.2) is 9.97 Å². The summed E-state index contributed by atoms with van der Waals surface area (Å²) in [6, 6.07) is 5.10. The van der Waals surface area contributed by atoms with Crippen molar-refractivity contribution >= 4 is 28.9 Å². The van der Waals surface area contributed by atoms with Gasteiger partial charge in [-0.05, 0) is 38.4 Å². The van der Waals surface area contributed by atoms with E-state index in [9.17, 15) is 18.0 Å². The smallest absolute Gasteiger partial charge is 0.384 e. The molecule has 2 aliphatic rings. The van der Waals surface area contributed by atoms with Crippen LogP contribution in [0.4, 0.5) is 36.2 Å². The SMILES string of the molecule is CN1CCN(c2ccc(Nc3cc(NCCCN4CCCCC4=O)c(C(F)(F)F)cn3)nc2)CC1. The van der Waals surface area contributed by atoms with Crippen molar-refractivity contribution in [3.63, 3.8) is 0 Å². The van der Waals surface area contributed by atoms with Crippen molar-refractivity contribution in [2.75, 3.05) is 68.4 Å². The first-order chi connectivity index (χ1) is 16.8. The minimum atomic E-state index is -4.53. The molecule has 2 saturated heterocycles. The number of rotatable bonds is 8. The average molecular weight is 492 g/mol. The molecule has 4 rings (SSSR count). The summed E-state index contributed by atoms with van der Waals surface area (Å²) in [4.78, 5) is 26.6. The van der Waals surface area contributed by atoms with Gasteiger partial charge in [0.05, 0.1) is 23.1 Å². The molecule has 2 aromatic heterocycles. The van der Waals surface area contributed by atoms with Gasteiger partial charge < -0.3 is 25.3 Å². The first-order valence-corrected chi connectivity index (χ1v) is 12.0. The third kappa shape index (κ3) is 6.74. The maximum Gasteiger partial charge on any atom is 0.419 e. The van der Waals surface area contributed by atoms with E-state index in [4.69, 9.17) is 0 Å². The largest absolute Gasteiger partial charge is 0.419 e. The fourth-order valence-corrected chi connectivity index (χ4v) is 4.33. The van der Waals surface area contributed by atoms with Crippen LogP contribution in [-0.4, -0.2) is 78.5 Å². The van der Waals surface area contributed by atoms with E-state index in [1.54, 1.807) is 17.2 Å². The molecule has 0 aromatic carbocycles. The van der Waals surface area contributed by atoms with Gasteiger partial charge >= 0.3 is 6.18 Å². The highest BCUT2D eigenvalue weighted by Crippen LogP contribution is 2.35. The molecular formula is C24H32F3N7O. The predicted octanol–water partition coefficient (Wildman–Crippen LogP) is 3.81. The summed E-state index contributed by atoms with van der Waals surface area (Å²) >= 11 is 0. The zero-order valence-electron chi connectivity index (χ0n) is 19.9. The van der Waals surface area contributed by atoms with Gasteiger partial charge in [-0.15, -0.1) is 0 Å². The molecule has 0 radical (unpaired) electrons. The third-order valence-electron chi connectivity index (χ3n) is 6.42. The predicted molar refractivity (Wildman–Crippen MR) is 130 cm³/mol. The van der Waals surface area contributed by atoms with Gasteiger partial charge in [-0.2, -0.15) is 13.2 Å². The molecule has 2 N–H and O–H groups in total. The minimum Gasteiger partial charge on any atom is -0.384 e. The van der Waals surface area contributed by atoms with Crippen LogP contribution in [0.2, 0.25) is 0 Å². The van der Waals surface area contributed by atoms with Crippen molar-refractivity contribution in [2.24, 2.45) is 0 Å². The maximum atomic E-state index is 13.5. The van der Waals surface area contributed by atoms with Crippen molar-refractivity contribution in [1.29, 1.82) is 0 Å². The number of amides is 1. The summed E-state index contributed by atoms with van der Waals surface area (Å²) in [6.07, 6.45) is 1.05. The van der Waals surface area contributed by atoms with Crippen LogP contribution in [-0.2, 0) is 11.0 Å². The Kier molecular flexibility index (Phi) is 7.94. The molecular weight excluding hydrogens is 459 g/mol. The highest BCUT2D eigenvalue weighted by atomic mass is 19.4. The maximum absolute atomic E-state index is 13.5. The summed E-state index contributed by atoms with van der Waals surface area (Å²) < 4.78 is 40.6. The molecule has 11 heteroatoms. The number of carbonyl (C=O) groups excluding carboxylic acids is 1. The highest BCUT2D eigenvalue weighted by molar-refractivity contribution is 5.76. The second-order valence-electron chi connectivity index (χ2n) is 9.05. The van der Waals surface area contributed by atoms with Gasteiger partial charge in [-0.3, -0.25) is 4.79 Å². The van der Waals surface area contributed by atoms with E-state index < -0.39 is 11.7 Å². The van der Waals surface area contributed by atoms with E-state index in [1.807, 2.05) is 6.07 Å². The Morgan fingerprint density at radius 3 is 2.46 bits per heavy atom. The lowest BCUT2D eigenvalue weighted by atomic mass is 10.1. The van der Waals surface area contributed by atoms with Gasteiger partial charge in [-0.1, -0.05) is 0 Å². The molecule has 0 atom stereocenters. The normalized spacial score (nSPS) is 17.5. The van der Waals surface area contributed by atoms with Crippen molar-refractivity contribution < 1.29 is 18.0 Å². The lowest BCUT2D eigenvalue weighted by Crippen LogP contribution is -2.44. The van der Waals surface area contributed by atoms with Gasteiger partial charge in [0.25, 0.3) is 0 Å². The van der Waals surface area contributed by atoms with Gasteiger partial charge in [0.1, 0.15) is 11.6 Å². The zero-order chi connectivity index (χ0) is 24.8. The summed E-state index contributed by atoms with van der Waals surface area (Å²) in [5.41, 5.74) is 0.142. The number of pyridine rings is 2. The van der Waals surface area contributed by atoms with Gasteiger partial charge in [0, 0.05) is 64.5 Å². The van der Waals surface area contributed by atoms with Crippen LogP contribution in [0.15, 0.2) is 30.6 Å². The van der Waals surface area contributed by atoms with E-state index in [1.165, 1.54) is 6.07 Å².